The molecule has 0 aromatic carbocycles. The molecule has 1 aliphatic heterocycles. The van der Waals surface area contributed by atoms with E-state index in [-0.39, 0.29) is 16.9 Å². The van der Waals surface area contributed by atoms with Gasteiger partial charge in [0.2, 0.25) is 10.0 Å². The summed E-state index contributed by atoms with van der Waals surface area (Å²) in [5.74, 6) is 0. The average molecular weight is 312 g/mol. The minimum atomic E-state index is -3.49. The molecule has 2 heterocycles. The fourth-order valence-electron chi connectivity index (χ4n) is 2.57. The van der Waals surface area contributed by atoms with Crippen molar-refractivity contribution < 1.29 is 13.5 Å². The Labute approximate surface area is 126 Å². The highest BCUT2D eigenvalue weighted by Gasteiger charge is 2.29. The second-order valence-corrected chi connectivity index (χ2v) is 8.47. The van der Waals surface area contributed by atoms with E-state index in [0.717, 1.165) is 6.42 Å². The molecule has 2 rings (SSSR count). The SMILES string of the molecule is Cn1cc(S(=O)(=O)N2CC=C(C(C)(C)C)CC2)cc1CO. The van der Waals surface area contributed by atoms with Crippen LogP contribution in [-0.4, -0.2) is 35.5 Å². The monoisotopic (exact) mass is 312 g/mol. The van der Waals surface area contributed by atoms with Crippen molar-refractivity contribution in [2.24, 2.45) is 12.5 Å². The third kappa shape index (κ3) is 3.22. The predicted molar refractivity (Wildman–Crippen MR) is 82.2 cm³/mol. The van der Waals surface area contributed by atoms with Gasteiger partial charge >= 0.3 is 0 Å². The Morgan fingerprint density at radius 3 is 2.43 bits per heavy atom. The van der Waals surface area contributed by atoms with Gasteiger partial charge in [-0.2, -0.15) is 4.31 Å². The molecule has 0 fully saturated rings. The van der Waals surface area contributed by atoms with Gasteiger partial charge in [-0.05, 0) is 17.9 Å². The Kier molecular flexibility index (Phi) is 4.33. The smallest absolute Gasteiger partial charge is 0.244 e. The van der Waals surface area contributed by atoms with E-state index in [4.69, 9.17) is 0 Å². The predicted octanol–water partition coefficient (Wildman–Crippen LogP) is 1.88. The van der Waals surface area contributed by atoms with E-state index in [1.807, 2.05) is 6.08 Å². The fourth-order valence-corrected chi connectivity index (χ4v) is 4.05. The van der Waals surface area contributed by atoms with Crippen LogP contribution in [0.25, 0.3) is 0 Å². The summed E-state index contributed by atoms with van der Waals surface area (Å²) in [4.78, 5) is 0.252. The highest BCUT2D eigenvalue weighted by molar-refractivity contribution is 7.89. The molecule has 6 heteroatoms. The number of aliphatic hydroxyl groups is 1. The van der Waals surface area contributed by atoms with Crippen LogP contribution in [0.15, 0.2) is 28.8 Å². The molecule has 0 saturated carbocycles. The standard InChI is InChI=1S/C15H24N2O3S/c1-15(2,3)12-5-7-17(8-6-12)21(19,20)14-9-13(11-18)16(4)10-14/h5,9-10,18H,6-8,11H2,1-4H3. The normalized spacial score (nSPS) is 17.9. The number of rotatable bonds is 3. The van der Waals surface area contributed by atoms with Gasteiger partial charge in [0.1, 0.15) is 4.90 Å². The quantitative estimate of drug-likeness (QED) is 0.867. The van der Waals surface area contributed by atoms with Crippen molar-refractivity contribution in [3.05, 3.63) is 29.6 Å². The number of aliphatic hydroxyl groups excluding tert-OH is 1. The molecular formula is C15H24N2O3S. The lowest BCUT2D eigenvalue weighted by molar-refractivity contribution is 0.272. The zero-order valence-corrected chi connectivity index (χ0v) is 13.9. The maximum atomic E-state index is 12.6. The van der Waals surface area contributed by atoms with Crippen LogP contribution in [-0.2, 0) is 23.7 Å². The largest absolute Gasteiger partial charge is 0.390 e. The summed E-state index contributed by atoms with van der Waals surface area (Å²) in [6.07, 6.45) is 4.35. The van der Waals surface area contributed by atoms with E-state index in [2.05, 4.69) is 20.8 Å². The first-order chi connectivity index (χ1) is 9.66. The van der Waals surface area contributed by atoms with Gasteiger partial charge in [0.25, 0.3) is 0 Å². The molecule has 0 spiro atoms. The second-order valence-electron chi connectivity index (χ2n) is 6.53. The first kappa shape index (κ1) is 16.3. The van der Waals surface area contributed by atoms with Gasteiger partial charge in [-0.25, -0.2) is 8.42 Å². The molecule has 1 N–H and O–H groups in total. The van der Waals surface area contributed by atoms with Gasteiger partial charge in [0.05, 0.1) is 6.61 Å². The summed E-state index contributed by atoms with van der Waals surface area (Å²) in [6, 6.07) is 1.54. The van der Waals surface area contributed by atoms with E-state index < -0.39 is 10.0 Å². The highest BCUT2D eigenvalue weighted by Crippen LogP contribution is 2.31. The number of sulfonamides is 1. The minimum Gasteiger partial charge on any atom is -0.390 e. The molecule has 0 bridgehead atoms. The van der Waals surface area contributed by atoms with Crippen molar-refractivity contribution in [2.45, 2.75) is 38.7 Å². The number of aromatic nitrogens is 1. The second kappa shape index (κ2) is 5.59. The lowest BCUT2D eigenvalue weighted by atomic mass is 9.83. The molecule has 0 saturated heterocycles. The lowest BCUT2D eigenvalue weighted by Gasteiger charge is -2.31. The molecule has 0 unspecified atom stereocenters. The molecule has 1 aliphatic rings. The summed E-state index contributed by atoms with van der Waals surface area (Å²) in [5.41, 5.74) is 1.99. The van der Waals surface area contributed by atoms with E-state index in [1.165, 1.54) is 9.88 Å². The Bertz CT molecular complexity index is 651. The van der Waals surface area contributed by atoms with E-state index in [1.54, 1.807) is 23.9 Å². The number of nitrogens with zero attached hydrogens (tertiary/aromatic N) is 2. The molecule has 0 atom stereocenters. The Morgan fingerprint density at radius 1 is 1.33 bits per heavy atom. The molecule has 21 heavy (non-hydrogen) atoms. The van der Waals surface area contributed by atoms with Gasteiger partial charge in [0, 0.05) is 32.0 Å². The summed E-state index contributed by atoms with van der Waals surface area (Å²) < 4.78 is 28.4. The summed E-state index contributed by atoms with van der Waals surface area (Å²) in [6.45, 7) is 7.20. The van der Waals surface area contributed by atoms with Crippen molar-refractivity contribution in [3.8, 4) is 0 Å². The van der Waals surface area contributed by atoms with Crippen LogP contribution in [0.1, 0.15) is 32.9 Å². The lowest BCUT2D eigenvalue weighted by Crippen LogP contribution is -2.36. The molecule has 0 amide bonds. The Balaban J connectivity index is 2.24. The number of aryl methyl sites for hydroxylation is 1. The maximum absolute atomic E-state index is 12.6. The van der Waals surface area contributed by atoms with Crippen molar-refractivity contribution in [1.82, 2.24) is 8.87 Å². The Hall–Kier alpha value is -1.11. The van der Waals surface area contributed by atoms with Gasteiger partial charge in [-0.15, -0.1) is 0 Å². The van der Waals surface area contributed by atoms with Crippen LogP contribution in [0.3, 0.4) is 0 Å². The molecule has 0 radical (unpaired) electrons. The van der Waals surface area contributed by atoms with Crippen molar-refractivity contribution in [2.75, 3.05) is 13.1 Å². The van der Waals surface area contributed by atoms with Crippen LogP contribution in [0.2, 0.25) is 0 Å². The Morgan fingerprint density at radius 2 is 2.00 bits per heavy atom. The van der Waals surface area contributed by atoms with E-state index >= 15 is 0 Å². The molecule has 0 aliphatic carbocycles. The first-order valence-corrected chi connectivity index (χ1v) is 8.56. The highest BCUT2D eigenvalue weighted by atomic mass is 32.2. The van der Waals surface area contributed by atoms with Crippen LogP contribution >= 0.6 is 0 Å². The topological polar surface area (TPSA) is 62.5 Å². The maximum Gasteiger partial charge on any atom is 0.244 e. The molecule has 1 aromatic heterocycles. The molecule has 1 aromatic rings. The van der Waals surface area contributed by atoms with E-state index in [0.29, 0.717) is 18.8 Å². The van der Waals surface area contributed by atoms with E-state index in [9.17, 15) is 13.5 Å². The van der Waals surface area contributed by atoms with Crippen LogP contribution < -0.4 is 0 Å². The fraction of sp³-hybridized carbons (Fsp3) is 0.600. The third-order valence-electron chi connectivity index (χ3n) is 4.02. The molecule has 118 valence electrons. The van der Waals surface area contributed by atoms with Gasteiger partial charge in [-0.3, -0.25) is 0 Å². The van der Waals surface area contributed by atoms with Crippen LogP contribution in [0.4, 0.5) is 0 Å². The van der Waals surface area contributed by atoms with Crippen molar-refractivity contribution in [3.63, 3.8) is 0 Å². The van der Waals surface area contributed by atoms with Crippen LogP contribution in [0, 0.1) is 5.41 Å². The zero-order valence-electron chi connectivity index (χ0n) is 13.1. The van der Waals surface area contributed by atoms with Gasteiger partial charge in [-0.1, -0.05) is 32.4 Å². The molecular weight excluding hydrogens is 288 g/mol. The summed E-state index contributed by atoms with van der Waals surface area (Å²) in [7, 11) is -1.75. The van der Waals surface area contributed by atoms with Crippen LogP contribution in [0.5, 0.6) is 0 Å². The number of hydrogen-bond acceptors (Lipinski definition) is 3. The number of hydrogen-bond donors (Lipinski definition) is 1. The van der Waals surface area contributed by atoms with Gasteiger partial charge < -0.3 is 9.67 Å². The van der Waals surface area contributed by atoms with Gasteiger partial charge in [0.15, 0.2) is 0 Å². The van der Waals surface area contributed by atoms with Crippen molar-refractivity contribution in [1.29, 1.82) is 0 Å². The molecule has 5 nitrogen and oxygen atoms in total. The first-order valence-electron chi connectivity index (χ1n) is 7.12. The van der Waals surface area contributed by atoms with Crippen molar-refractivity contribution >= 4 is 10.0 Å². The minimum absolute atomic E-state index is 0.0899. The zero-order chi connectivity index (χ0) is 15.8. The summed E-state index contributed by atoms with van der Waals surface area (Å²) >= 11 is 0. The third-order valence-corrected chi connectivity index (χ3v) is 5.85. The summed E-state index contributed by atoms with van der Waals surface area (Å²) in [5, 5.41) is 9.19. The average Bonchev–Trinajstić information content (AvgIpc) is 2.80.